The zero-order valence-corrected chi connectivity index (χ0v) is 13.6. The van der Waals surface area contributed by atoms with Crippen LogP contribution in [-0.2, 0) is 9.53 Å². The van der Waals surface area contributed by atoms with Crippen molar-refractivity contribution >= 4 is 19.2 Å². The number of benzene rings is 1. The van der Waals surface area contributed by atoms with Crippen LogP contribution >= 0.6 is 0 Å². The molecular formula is C17H24O2Si. The van der Waals surface area contributed by atoms with Crippen molar-refractivity contribution in [3.8, 4) is 0 Å². The second kappa shape index (κ2) is 7.85. The second-order valence-corrected chi connectivity index (χ2v) is 10.1. The Morgan fingerprint density at radius 1 is 1.35 bits per heavy atom. The third-order valence-electron chi connectivity index (χ3n) is 3.71. The zero-order valence-electron chi connectivity index (χ0n) is 12.6. The Morgan fingerprint density at radius 3 is 2.55 bits per heavy atom. The van der Waals surface area contributed by atoms with E-state index in [2.05, 4.69) is 43.9 Å². The third kappa shape index (κ3) is 4.49. The summed E-state index contributed by atoms with van der Waals surface area (Å²) in [6.45, 7) is 10.9. The van der Waals surface area contributed by atoms with Gasteiger partial charge in [-0.2, -0.15) is 0 Å². The first-order valence-corrected chi connectivity index (χ1v) is 10.1. The van der Waals surface area contributed by atoms with E-state index in [4.69, 9.17) is 4.74 Å². The molecule has 20 heavy (non-hydrogen) atoms. The van der Waals surface area contributed by atoms with Gasteiger partial charge in [-0.3, -0.25) is 0 Å². The number of rotatable bonds is 7. The Labute approximate surface area is 123 Å². The maximum absolute atomic E-state index is 11.3. The van der Waals surface area contributed by atoms with Crippen molar-refractivity contribution in [2.45, 2.75) is 32.0 Å². The molecule has 0 saturated heterocycles. The SMILES string of the molecule is C=CC(CCOC(=O)/C=C/C)[Si](C)(C)c1ccccc1. The highest BCUT2D eigenvalue weighted by Crippen LogP contribution is 2.26. The molecule has 2 nitrogen and oxygen atoms in total. The average Bonchev–Trinajstić information content (AvgIpc) is 2.44. The largest absolute Gasteiger partial charge is 0.463 e. The standard InChI is InChI=1S/C17H24O2Si/c1-5-10-17(18)19-14-13-15(6-2)20(3,4)16-11-8-7-9-12-16/h5-12,15H,2,13-14H2,1,3-4H3/b10-5+. The molecule has 108 valence electrons. The summed E-state index contributed by atoms with van der Waals surface area (Å²) in [5.74, 6) is -0.269. The molecule has 0 radical (unpaired) electrons. The Balaban J connectivity index is 2.66. The minimum Gasteiger partial charge on any atom is -0.463 e. The molecule has 0 aromatic heterocycles. The molecule has 0 N–H and O–H groups in total. The minimum atomic E-state index is -1.63. The summed E-state index contributed by atoms with van der Waals surface area (Å²) in [7, 11) is -1.63. The van der Waals surface area contributed by atoms with Crippen LogP contribution in [0.25, 0.3) is 0 Å². The van der Waals surface area contributed by atoms with Gasteiger partial charge in [-0.15, -0.1) is 6.58 Å². The van der Waals surface area contributed by atoms with Crippen molar-refractivity contribution in [3.63, 3.8) is 0 Å². The smallest absolute Gasteiger partial charge is 0.330 e. The predicted molar refractivity (Wildman–Crippen MR) is 87.9 cm³/mol. The van der Waals surface area contributed by atoms with E-state index in [0.717, 1.165) is 6.42 Å². The van der Waals surface area contributed by atoms with Gasteiger partial charge in [-0.1, -0.05) is 60.8 Å². The van der Waals surface area contributed by atoms with Gasteiger partial charge in [0.05, 0.1) is 14.7 Å². The van der Waals surface area contributed by atoms with Gasteiger partial charge >= 0.3 is 5.97 Å². The van der Waals surface area contributed by atoms with Gasteiger partial charge in [-0.05, 0) is 18.9 Å². The fourth-order valence-electron chi connectivity index (χ4n) is 2.33. The monoisotopic (exact) mass is 288 g/mol. The second-order valence-electron chi connectivity index (χ2n) is 5.39. The van der Waals surface area contributed by atoms with E-state index in [1.165, 1.54) is 11.3 Å². The summed E-state index contributed by atoms with van der Waals surface area (Å²) in [5.41, 5.74) is 0.392. The number of esters is 1. The summed E-state index contributed by atoms with van der Waals surface area (Å²) in [6, 6.07) is 10.6. The van der Waals surface area contributed by atoms with Crippen LogP contribution in [0.15, 0.2) is 55.1 Å². The molecule has 0 bridgehead atoms. The highest BCUT2D eigenvalue weighted by Gasteiger charge is 2.31. The molecule has 0 aliphatic carbocycles. The molecule has 1 atom stereocenters. The van der Waals surface area contributed by atoms with Crippen molar-refractivity contribution in [2.75, 3.05) is 6.61 Å². The van der Waals surface area contributed by atoms with Gasteiger partial charge in [0.15, 0.2) is 0 Å². The lowest BCUT2D eigenvalue weighted by Crippen LogP contribution is -2.45. The number of hydrogen-bond donors (Lipinski definition) is 0. The van der Waals surface area contributed by atoms with Gasteiger partial charge < -0.3 is 4.74 Å². The summed E-state index contributed by atoms with van der Waals surface area (Å²) in [4.78, 5) is 11.3. The quantitative estimate of drug-likeness (QED) is 0.331. The summed E-state index contributed by atoms with van der Waals surface area (Å²) < 4.78 is 5.19. The number of ether oxygens (including phenoxy) is 1. The summed E-state index contributed by atoms with van der Waals surface area (Å²) >= 11 is 0. The molecular weight excluding hydrogens is 264 g/mol. The van der Waals surface area contributed by atoms with Crippen LogP contribution in [-0.4, -0.2) is 20.7 Å². The maximum atomic E-state index is 11.3. The average molecular weight is 288 g/mol. The van der Waals surface area contributed by atoms with E-state index in [9.17, 15) is 4.79 Å². The summed E-state index contributed by atoms with van der Waals surface area (Å²) in [6.07, 6.45) is 5.99. The van der Waals surface area contributed by atoms with Crippen molar-refractivity contribution in [1.82, 2.24) is 0 Å². The molecule has 1 aromatic carbocycles. The molecule has 1 rings (SSSR count). The fraction of sp³-hybridized carbons (Fsp3) is 0.353. The van der Waals surface area contributed by atoms with Crippen LogP contribution in [0, 0.1) is 0 Å². The van der Waals surface area contributed by atoms with Gasteiger partial charge in [0, 0.05) is 6.08 Å². The first-order chi connectivity index (χ1) is 9.52. The van der Waals surface area contributed by atoms with Gasteiger partial charge in [0.1, 0.15) is 0 Å². The molecule has 0 fully saturated rings. The van der Waals surface area contributed by atoms with Crippen molar-refractivity contribution < 1.29 is 9.53 Å². The number of carbonyl (C=O) groups is 1. The van der Waals surface area contributed by atoms with Gasteiger partial charge in [-0.25, -0.2) is 4.79 Å². The van der Waals surface area contributed by atoms with Crippen LogP contribution in [0.3, 0.4) is 0 Å². The molecule has 1 aromatic rings. The molecule has 3 heteroatoms. The van der Waals surface area contributed by atoms with Crippen molar-refractivity contribution in [2.24, 2.45) is 0 Å². The van der Waals surface area contributed by atoms with E-state index in [1.807, 2.05) is 12.1 Å². The topological polar surface area (TPSA) is 26.3 Å². The van der Waals surface area contributed by atoms with Gasteiger partial charge in [0.2, 0.25) is 0 Å². The van der Waals surface area contributed by atoms with E-state index >= 15 is 0 Å². The lowest BCUT2D eigenvalue weighted by molar-refractivity contribution is -0.137. The lowest BCUT2D eigenvalue weighted by atomic mass is 10.3. The van der Waals surface area contributed by atoms with Crippen LogP contribution in [0.2, 0.25) is 18.6 Å². The zero-order chi connectivity index (χ0) is 15.0. The van der Waals surface area contributed by atoms with E-state index in [1.54, 1.807) is 13.0 Å². The normalized spacial score (nSPS) is 13.2. The van der Waals surface area contributed by atoms with Crippen LogP contribution in [0.1, 0.15) is 13.3 Å². The van der Waals surface area contributed by atoms with Crippen LogP contribution in [0.5, 0.6) is 0 Å². The molecule has 0 aliphatic rings. The molecule has 0 amide bonds. The minimum absolute atomic E-state index is 0.269. The first-order valence-electron chi connectivity index (χ1n) is 7.00. The fourth-order valence-corrected chi connectivity index (χ4v) is 5.23. The Kier molecular flexibility index (Phi) is 6.45. The Morgan fingerprint density at radius 2 is 2.00 bits per heavy atom. The van der Waals surface area contributed by atoms with Gasteiger partial charge in [0.25, 0.3) is 0 Å². The van der Waals surface area contributed by atoms with E-state index < -0.39 is 8.07 Å². The predicted octanol–water partition coefficient (Wildman–Crippen LogP) is 3.67. The molecule has 1 unspecified atom stereocenters. The van der Waals surface area contributed by atoms with Crippen LogP contribution < -0.4 is 5.19 Å². The van der Waals surface area contributed by atoms with Crippen molar-refractivity contribution in [1.29, 1.82) is 0 Å². The molecule has 0 spiro atoms. The molecule has 0 saturated carbocycles. The Hall–Kier alpha value is -1.61. The molecule has 0 heterocycles. The van der Waals surface area contributed by atoms with Crippen molar-refractivity contribution in [3.05, 3.63) is 55.1 Å². The van der Waals surface area contributed by atoms with E-state index in [0.29, 0.717) is 12.1 Å². The number of allylic oxidation sites excluding steroid dienone is 2. The van der Waals surface area contributed by atoms with E-state index in [-0.39, 0.29) is 5.97 Å². The third-order valence-corrected chi connectivity index (χ3v) is 7.90. The highest BCUT2D eigenvalue weighted by molar-refractivity contribution is 6.91. The number of hydrogen-bond acceptors (Lipinski definition) is 2. The molecule has 0 aliphatic heterocycles. The Bertz CT molecular complexity index is 463. The first kappa shape index (κ1) is 16.4. The summed E-state index contributed by atoms with van der Waals surface area (Å²) in [5, 5.41) is 1.41. The lowest BCUT2D eigenvalue weighted by Gasteiger charge is -2.30. The number of carbonyl (C=O) groups excluding carboxylic acids is 1. The maximum Gasteiger partial charge on any atom is 0.330 e. The van der Waals surface area contributed by atoms with Crippen LogP contribution in [0.4, 0.5) is 0 Å². The highest BCUT2D eigenvalue weighted by atomic mass is 28.3.